The summed E-state index contributed by atoms with van der Waals surface area (Å²) >= 11 is 0. The first-order valence-corrected chi connectivity index (χ1v) is 5.92. The van der Waals surface area contributed by atoms with Gasteiger partial charge in [-0.05, 0) is 48.2 Å². The summed E-state index contributed by atoms with van der Waals surface area (Å²) in [5.74, 6) is -0.197. The van der Waals surface area contributed by atoms with Crippen LogP contribution in [0.15, 0.2) is 36.5 Å². The monoisotopic (exact) mass is 257 g/mol. The van der Waals surface area contributed by atoms with Gasteiger partial charge >= 0.3 is 5.97 Å². The number of carbonyl (C=O) groups is 1. The summed E-state index contributed by atoms with van der Waals surface area (Å²) in [5.41, 5.74) is 3.40. The fourth-order valence-corrected chi connectivity index (χ4v) is 1.81. The Morgan fingerprint density at radius 2 is 2.00 bits per heavy atom. The molecule has 0 atom stereocenters. The van der Waals surface area contributed by atoms with E-state index in [1.165, 1.54) is 7.11 Å². The van der Waals surface area contributed by atoms with Crippen molar-refractivity contribution in [1.82, 2.24) is 4.98 Å². The van der Waals surface area contributed by atoms with Crippen LogP contribution in [0.3, 0.4) is 0 Å². The van der Waals surface area contributed by atoms with Gasteiger partial charge in [-0.15, -0.1) is 0 Å². The lowest BCUT2D eigenvalue weighted by molar-refractivity contribution is 0.0594. The summed E-state index contributed by atoms with van der Waals surface area (Å²) < 4.78 is 4.66. The predicted molar refractivity (Wildman–Crippen MR) is 71.2 cm³/mol. The molecule has 2 rings (SSSR count). The van der Waals surface area contributed by atoms with Crippen molar-refractivity contribution in [1.29, 1.82) is 0 Å². The number of hydrogen-bond donors (Lipinski definition) is 1. The summed E-state index contributed by atoms with van der Waals surface area (Å²) in [5, 5.41) is 9.25. The Hall–Kier alpha value is -2.36. The second-order valence-corrected chi connectivity index (χ2v) is 4.33. The minimum atomic E-state index is -0.438. The van der Waals surface area contributed by atoms with Gasteiger partial charge in [-0.3, -0.25) is 0 Å². The number of nitrogens with zero attached hydrogens (tertiary/aromatic N) is 1. The average molecular weight is 257 g/mol. The number of hydrogen-bond acceptors (Lipinski definition) is 4. The normalized spacial score (nSPS) is 10.2. The van der Waals surface area contributed by atoms with Crippen molar-refractivity contribution in [3.05, 3.63) is 58.9 Å². The third-order valence-electron chi connectivity index (χ3n) is 2.94. The van der Waals surface area contributed by atoms with E-state index in [4.69, 9.17) is 0 Å². The first kappa shape index (κ1) is 13.1. The largest absolute Gasteiger partial charge is 0.508 e. The van der Waals surface area contributed by atoms with Gasteiger partial charge in [-0.2, -0.15) is 0 Å². The number of methoxy groups -OCH3 is 1. The highest BCUT2D eigenvalue weighted by molar-refractivity contribution is 5.87. The van der Waals surface area contributed by atoms with Gasteiger partial charge in [0.1, 0.15) is 11.4 Å². The number of ether oxygens (including phenoxy) is 1. The van der Waals surface area contributed by atoms with Crippen molar-refractivity contribution < 1.29 is 14.6 Å². The second-order valence-electron chi connectivity index (χ2n) is 4.33. The van der Waals surface area contributed by atoms with E-state index in [9.17, 15) is 9.90 Å². The van der Waals surface area contributed by atoms with E-state index in [0.717, 1.165) is 16.7 Å². The van der Waals surface area contributed by atoms with E-state index in [-0.39, 0.29) is 5.75 Å². The van der Waals surface area contributed by atoms with E-state index in [1.54, 1.807) is 24.4 Å². The van der Waals surface area contributed by atoms with E-state index < -0.39 is 5.97 Å². The molecule has 19 heavy (non-hydrogen) atoms. The highest BCUT2D eigenvalue weighted by Crippen LogP contribution is 2.17. The molecule has 98 valence electrons. The van der Waals surface area contributed by atoms with Crippen LogP contribution >= 0.6 is 0 Å². The number of phenolic OH excluding ortho intramolecular Hbond substituents is 1. The molecule has 0 saturated carbocycles. The Morgan fingerprint density at radius 1 is 1.32 bits per heavy atom. The number of rotatable bonds is 3. The fraction of sp³-hybridized carbons (Fsp3) is 0.200. The summed E-state index contributed by atoms with van der Waals surface area (Å²) in [6.45, 7) is 1.95. The number of aromatic nitrogens is 1. The first-order valence-electron chi connectivity index (χ1n) is 5.92. The number of esters is 1. The molecule has 0 aliphatic rings. The van der Waals surface area contributed by atoms with Gasteiger partial charge in [0, 0.05) is 6.20 Å². The van der Waals surface area contributed by atoms with E-state index in [1.807, 2.05) is 19.1 Å². The first-order chi connectivity index (χ1) is 9.10. The molecular weight excluding hydrogens is 242 g/mol. The SMILES string of the molecule is COC(=O)c1cc(Cc2ccc(O)cc2)c(C)cn1. The van der Waals surface area contributed by atoms with Crippen LogP contribution in [0.4, 0.5) is 0 Å². The quantitative estimate of drug-likeness (QED) is 0.858. The molecule has 0 aliphatic heterocycles. The highest BCUT2D eigenvalue weighted by Gasteiger charge is 2.10. The molecule has 0 bridgehead atoms. The Bertz CT molecular complexity index is 591. The molecule has 0 unspecified atom stereocenters. The standard InChI is InChI=1S/C15H15NO3/c1-10-9-16-14(15(18)19-2)8-12(10)7-11-3-5-13(17)6-4-11/h3-6,8-9,17H,7H2,1-2H3. The Kier molecular flexibility index (Phi) is 3.80. The molecule has 0 radical (unpaired) electrons. The number of phenols is 1. The van der Waals surface area contributed by atoms with E-state index in [0.29, 0.717) is 12.1 Å². The summed E-state index contributed by atoms with van der Waals surface area (Å²) in [6, 6.07) is 8.74. The van der Waals surface area contributed by atoms with Crippen LogP contribution in [0.2, 0.25) is 0 Å². The molecule has 1 N–H and O–H groups in total. The lowest BCUT2D eigenvalue weighted by Crippen LogP contribution is -2.06. The molecule has 1 aromatic heterocycles. The maximum absolute atomic E-state index is 11.5. The third-order valence-corrected chi connectivity index (χ3v) is 2.94. The van der Waals surface area contributed by atoms with Crippen molar-refractivity contribution in [2.45, 2.75) is 13.3 Å². The van der Waals surface area contributed by atoms with Crippen molar-refractivity contribution in [2.75, 3.05) is 7.11 Å². The molecule has 0 aliphatic carbocycles. The summed E-state index contributed by atoms with van der Waals surface area (Å²) in [6.07, 6.45) is 2.35. The van der Waals surface area contributed by atoms with Gasteiger partial charge in [-0.1, -0.05) is 12.1 Å². The van der Waals surface area contributed by atoms with Crippen LogP contribution < -0.4 is 0 Å². The molecule has 0 fully saturated rings. The zero-order chi connectivity index (χ0) is 13.8. The second kappa shape index (κ2) is 5.52. The number of aromatic hydroxyl groups is 1. The maximum Gasteiger partial charge on any atom is 0.356 e. The zero-order valence-corrected chi connectivity index (χ0v) is 10.9. The Labute approximate surface area is 111 Å². The molecule has 4 heteroatoms. The molecular formula is C15H15NO3. The zero-order valence-electron chi connectivity index (χ0n) is 10.9. The van der Waals surface area contributed by atoms with Gasteiger partial charge < -0.3 is 9.84 Å². The van der Waals surface area contributed by atoms with E-state index >= 15 is 0 Å². The Balaban J connectivity index is 2.28. The summed E-state index contributed by atoms with van der Waals surface area (Å²) in [7, 11) is 1.34. The molecule has 1 aromatic carbocycles. The minimum Gasteiger partial charge on any atom is -0.508 e. The van der Waals surface area contributed by atoms with Crippen LogP contribution in [0.1, 0.15) is 27.2 Å². The van der Waals surface area contributed by atoms with Crippen molar-refractivity contribution in [3.8, 4) is 5.75 Å². The van der Waals surface area contributed by atoms with Gasteiger partial charge in [0.2, 0.25) is 0 Å². The molecule has 0 saturated heterocycles. The topological polar surface area (TPSA) is 59.4 Å². The number of aryl methyl sites for hydroxylation is 1. The van der Waals surface area contributed by atoms with Crippen LogP contribution in [0, 0.1) is 6.92 Å². The molecule has 0 amide bonds. The lowest BCUT2D eigenvalue weighted by Gasteiger charge is -2.07. The number of pyridine rings is 1. The lowest BCUT2D eigenvalue weighted by atomic mass is 10.0. The predicted octanol–water partition coefficient (Wildman–Crippen LogP) is 2.47. The Morgan fingerprint density at radius 3 is 2.63 bits per heavy atom. The van der Waals surface area contributed by atoms with Gasteiger partial charge in [0.15, 0.2) is 0 Å². The molecule has 2 aromatic rings. The van der Waals surface area contributed by atoms with Crippen molar-refractivity contribution >= 4 is 5.97 Å². The van der Waals surface area contributed by atoms with Crippen LogP contribution in [-0.4, -0.2) is 23.2 Å². The summed E-state index contributed by atoms with van der Waals surface area (Å²) in [4.78, 5) is 15.5. The molecule has 1 heterocycles. The van der Waals surface area contributed by atoms with Gasteiger partial charge in [-0.25, -0.2) is 9.78 Å². The van der Waals surface area contributed by atoms with Gasteiger partial charge in [0.05, 0.1) is 7.11 Å². The van der Waals surface area contributed by atoms with Gasteiger partial charge in [0.25, 0.3) is 0 Å². The van der Waals surface area contributed by atoms with Crippen LogP contribution in [-0.2, 0) is 11.2 Å². The van der Waals surface area contributed by atoms with E-state index in [2.05, 4.69) is 9.72 Å². The molecule has 4 nitrogen and oxygen atoms in total. The minimum absolute atomic E-state index is 0.241. The fourth-order valence-electron chi connectivity index (χ4n) is 1.81. The van der Waals surface area contributed by atoms with Crippen LogP contribution in [0.5, 0.6) is 5.75 Å². The third kappa shape index (κ3) is 3.10. The number of carbonyl (C=O) groups excluding carboxylic acids is 1. The van der Waals surface area contributed by atoms with Crippen LogP contribution in [0.25, 0.3) is 0 Å². The number of benzene rings is 1. The van der Waals surface area contributed by atoms with Crippen molar-refractivity contribution in [3.63, 3.8) is 0 Å². The van der Waals surface area contributed by atoms with Crippen molar-refractivity contribution in [2.24, 2.45) is 0 Å². The highest BCUT2D eigenvalue weighted by atomic mass is 16.5. The molecule has 0 spiro atoms. The average Bonchev–Trinajstić information content (AvgIpc) is 2.43. The maximum atomic E-state index is 11.5. The smallest absolute Gasteiger partial charge is 0.356 e.